The fraction of sp³-hybridized carbons (Fsp3) is 0.500. The molecular weight excluding hydrogens is 324 g/mol. The van der Waals surface area contributed by atoms with Crippen LogP contribution in [0.5, 0.6) is 0 Å². The minimum atomic E-state index is -0.203. The minimum absolute atomic E-state index is 0.164. The standard InChI is InChI=1S/C18H22N2O3S/c21-16-8-9-17(22)20(16)14-5-3-4-13(12-14)18(23)19-10-11-24-15-6-1-2-7-15/h3-5,12,15H,1-2,6-11H2,(H,19,23). The number of anilines is 1. The van der Waals surface area contributed by atoms with Crippen molar-refractivity contribution in [3.8, 4) is 0 Å². The molecular formula is C18H22N2O3S. The third-order valence-electron chi connectivity index (χ3n) is 4.46. The number of nitrogens with one attached hydrogen (secondary N) is 1. The molecule has 1 N–H and O–H groups in total. The summed E-state index contributed by atoms with van der Waals surface area (Å²) in [7, 11) is 0. The predicted molar refractivity (Wildman–Crippen MR) is 95.2 cm³/mol. The smallest absolute Gasteiger partial charge is 0.251 e. The number of imide groups is 1. The van der Waals surface area contributed by atoms with Crippen LogP contribution in [0.4, 0.5) is 5.69 Å². The molecule has 3 amide bonds. The summed E-state index contributed by atoms with van der Waals surface area (Å²) in [5.74, 6) is 0.346. The molecule has 0 aromatic heterocycles. The lowest BCUT2D eigenvalue weighted by molar-refractivity contribution is -0.121. The zero-order valence-corrected chi connectivity index (χ0v) is 14.4. The van der Waals surface area contributed by atoms with Crippen molar-refractivity contribution in [1.29, 1.82) is 0 Å². The fourth-order valence-corrected chi connectivity index (χ4v) is 4.42. The second-order valence-electron chi connectivity index (χ2n) is 6.21. The SMILES string of the molecule is O=C(NCCSC1CCCC1)c1cccc(N2C(=O)CCC2=O)c1. The highest BCUT2D eigenvalue weighted by Crippen LogP contribution is 2.29. The van der Waals surface area contributed by atoms with Crippen molar-refractivity contribution in [2.24, 2.45) is 0 Å². The maximum absolute atomic E-state index is 12.3. The van der Waals surface area contributed by atoms with Crippen molar-refractivity contribution in [3.05, 3.63) is 29.8 Å². The van der Waals surface area contributed by atoms with Gasteiger partial charge in [-0.3, -0.25) is 19.3 Å². The molecule has 24 heavy (non-hydrogen) atoms. The highest BCUT2D eigenvalue weighted by Gasteiger charge is 2.30. The maximum atomic E-state index is 12.3. The summed E-state index contributed by atoms with van der Waals surface area (Å²) in [4.78, 5) is 37.0. The summed E-state index contributed by atoms with van der Waals surface area (Å²) in [6.07, 6.45) is 5.72. The van der Waals surface area contributed by atoms with Crippen LogP contribution in [-0.4, -0.2) is 35.3 Å². The van der Waals surface area contributed by atoms with Gasteiger partial charge in [-0.1, -0.05) is 18.9 Å². The molecule has 0 atom stereocenters. The molecule has 3 rings (SSSR count). The molecule has 0 bridgehead atoms. The van der Waals surface area contributed by atoms with Gasteiger partial charge in [0.2, 0.25) is 11.8 Å². The summed E-state index contributed by atoms with van der Waals surface area (Å²) >= 11 is 1.93. The first-order chi connectivity index (χ1) is 11.6. The minimum Gasteiger partial charge on any atom is -0.351 e. The Bertz CT molecular complexity index is 625. The van der Waals surface area contributed by atoms with Crippen LogP contribution in [0.2, 0.25) is 0 Å². The van der Waals surface area contributed by atoms with E-state index in [9.17, 15) is 14.4 Å². The number of benzene rings is 1. The molecule has 2 fully saturated rings. The van der Waals surface area contributed by atoms with Crippen LogP contribution in [0.3, 0.4) is 0 Å². The number of nitrogens with zero attached hydrogens (tertiary/aromatic N) is 1. The van der Waals surface area contributed by atoms with Crippen molar-refractivity contribution in [3.63, 3.8) is 0 Å². The van der Waals surface area contributed by atoms with E-state index in [4.69, 9.17) is 0 Å². The van der Waals surface area contributed by atoms with Crippen molar-refractivity contribution < 1.29 is 14.4 Å². The average molecular weight is 346 g/mol. The second-order valence-corrected chi connectivity index (χ2v) is 7.61. The Morgan fingerprint density at radius 2 is 1.88 bits per heavy atom. The number of thioether (sulfide) groups is 1. The van der Waals surface area contributed by atoms with E-state index in [0.717, 1.165) is 11.0 Å². The van der Waals surface area contributed by atoms with Crippen LogP contribution in [-0.2, 0) is 9.59 Å². The van der Waals surface area contributed by atoms with Crippen molar-refractivity contribution in [2.45, 2.75) is 43.8 Å². The molecule has 2 aliphatic rings. The molecule has 0 unspecified atom stereocenters. The quantitative estimate of drug-likeness (QED) is 0.635. The summed E-state index contributed by atoms with van der Waals surface area (Å²) in [6.45, 7) is 0.631. The molecule has 1 aromatic carbocycles. The number of hydrogen-bond acceptors (Lipinski definition) is 4. The molecule has 1 aromatic rings. The van der Waals surface area contributed by atoms with E-state index in [1.807, 2.05) is 11.8 Å². The predicted octanol–water partition coefficient (Wildman–Crippen LogP) is 2.75. The zero-order valence-electron chi connectivity index (χ0n) is 13.6. The lowest BCUT2D eigenvalue weighted by Gasteiger charge is -2.15. The lowest BCUT2D eigenvalue weighted by atomic mass is 10.1. The van der Waals surface area contributed by atoms with E-state index in [2.05, 4.69) is 5.32 Å². The van der Waals surface area contributed by atoms with E-state index >= 15 is 0 Å². The Labute approximate surface area is 146 Å². The van der Waals surface area contributed by atoms with E-state index < -0.39 is 0 Å². The second kappa shape index (κ2) is 7.83. The Hall–Kier alpha value is -1.82. The van der Waals surface area contributed by atoms with Gasteiger partial charge in [-0.05, 0) is 31.0 Å². The van der Waals surface area contributed by atoms with E-state index in [0.29, 0.717) is 17.8 Å². The van der Waals surface area contributed by atoms with Gasteiger partial charge in [-0.2, -0.15) is 11.8 Å². The molecule has 1 saturated carbocycles. The number of carbonyl (C=O) groups is 3. The molecule has 1 aliphatic heterocycles. The largest absolute Gasteiger partial charge is 0.351 e. The van der Waals surface area contributed by atoms with Crippen LogP contribution in [0, 0.1) is 0 Å². The Morgan fingerprint density at radius 3 is 2.58 bits per heavy atom. The monoisotopic (exact) mass is 346 g/mol. The lowest BCUT2D eigenvalue weighted by Crippen LogP contribution is -2.29. The van der Waals surface area contributed by atoms with Crippen LogP contribution >= 0.6 is 11.8 Å². The van der Waals surface area contributed by atoms with E-state index in [1.54, 1.807) is 24.3 Å². The zero-order chi connectivity index (χ0) is 16.9. The number of hydrogen-bond donors (Lipinski definition) is 1. The maximum Gasteiger partial charge on any atom is 0.251 e. The first-order valence-electron chi connectivity index (χ1n) is 8.51. The Balaban J connectivity index is 1.54. The summed E-state index contributed by atoms with van der Waals surface area (Å²) in [5.41, 5.74) is 0.960. The van der Waals surface area contributed by atoms with Gasteiger partial charge in [0.25, 0.3) is 5.91 Å². The van der Waals surface area contributed by atoms with Crippen molar-refractivity contribution >= 4 is 35.2 Å². The number of carbonyl (C=O) groups excluding carboxylic acids is 3. The number of rotatable bonds is 6. The Kier molecular flexibility index (Phi) is 5.56. The molecule has 5 nitrogen and oxygen atoms in total. The third-order valence-corrected chi connectivity index (χ3v) is 5.84. The van der Waals surface area contributed by atoms with E-state index in [-0.39, 0.29) is 30.6 Å². The molecule has 128 valence electrons. The highest BCUT2D eigenvalue weighted by molar-refractivity contribution is 7.99. The molecule has 1 saturated heterocycles. The fourth-order valence-electron chi connectivity index (χ4n) is 3.20. The summed E-state index contributed by atoms with van der Waals surface area (Å²) < 4.78 is 0. The van der Waals surface area contributed by atoms with Crippen LogP contribution in [0.1, 0.15) is 48.9 Å². The van der Waals surface area contributed by atoms with Gasteiger partial charge in [0.1, 0.15) is 0 Å². The first-order valence-corrected chi connectivity index (χ1v) is 9.55. The average Bonchev–Trinajstić information content (AvgIpc) is 3.21. The summed E-state index contributed by atoms with van der Waals surface area (Å²) in [6, 6.07) is 6.71. The van der Waals surface area contributed by atoms with Gasteiger partial charge in [0.15, 0.2) is 0 Å². The van der Waals surface area contributed by atoms with Gasteiger partial charge in [-0.15, -0.1) is 0 Å². The van der Waals surface area contributed by atoms with E-state index in [1.165, 1.54) is 30.6 Å². The van der Waals surface area contributed by atoms with Gasteiger partial charge in [-0.25, -0.2) is 0 Å². The molecule has 1 heterocycles. The van der Waals surface area contributed by atoms with Crippen LogP contribution in [0.15, 0.2) is 24.3 Å². The highest BCUT2D eigenvalue weighted by atomic mass is 32.2. The molecule has 1 aliphatic carbocycles. The molecule has 0 radical (unpaired) electrons. The van der Waals surface area contributed by atoms with Gasteiger partial charge in [0.05, 0.1) is 5.69 Å². The Morgan fingerprint density at radius 1 is 1.17 bits per heavy atom. The summed E-state index contributed by atoms with van der Waals surface area (Å²) in [5, 5.41) is 3.66. The first kappa shape index (κ1) is 17.0. The number of amides is 3. The van der Waals surface area contributed by atoms with Crippen LogP contribution < -0.4 is 10.2 Å². The van der Waals surface area contributed by atoms with Crippen molar-refractivity contribution in [1.82, 2.24) is 5.32 Å². The third kappa shape index (κ3) is 3.98. The van der Waals surface area contributed by atoms with Gasteiger partial charge in [0, 0.05) is 36.0 Å². The normalized spacial score (nSPS) is 18.4. The topological polar surface area (TPSA) is 66.5 Å². The van der Waals surface area contributed by atoms with Crippen LogP contribution in [0.25, 0.3) is 0 Å². The molecule has 6 heteroatoms. The van der Waals surface area contributed by atoms with Gasteiger partial charge < -0.3 is 5.32 Å². The molecule has 0 spiro atoms. The van der Waals surface area contributed by atoms with Crippen molar-refractivity contribution in [2.75, 3.05) is 17.2 Å². The van der Waals surface area contributed by atoms with Gasteiger partial charge >= 0.3 is 0 Å².